The molecule has 3 nitrogen and oxygen atoms in total. The van der Waals surface area contributed by atoms with Gasteiger partial charge in [0.25, 0.3) is 0 Å². The molecule has 0 bridgehead atoms. The molecule has 2 rings (SSSR count). The monoisotopic (exact) mass is 253 g/mol. The van der Waals surface area contributed by atoms with Gasteiger partial charge in [-0.1, -0.05) is 19.3 Å². The summed E-state index contributed by atoms with van der Waals surface area (Å²) in [5.74, 6) is 0.647. The van der Waals surface area contributed by atoms with Gasteiger partial charge in [0.15, 0.2) is 0 Å². The Kier molecular flexibility index (Phi) is 4.05. The molecule has 1 aromatic carbocycles. The van der Waals surface area contributed by atoms with Crippen molar-refractivity contribution in [2.24, 2.45) is 0 Å². The Morgan fingerprint density at radius 3 is 2.65 bits per heavy atom. The van der Waals surface area contributed by atoms with Crippen LogP contribution in [0.5, 0.6) is 5.75 Å². The van der Waals surface area contributed by atoms with Crippen molar-refractivity contribution in [1.82, 2.24) is 0 Å². The first-order valence-corrected chi connectivity index (χ1v) is 7.28. The molecule has 0 radical (unpaired) electrons. The minimum atomic E-state index is -0.970. The Balaban J connectivity index is 2.23. The van der Waals surface area contributed by atoms with Gasteiger partial charge in [-0.2, -0.15) is 0 Å². The molecule has 1 aliphatic rings. The van der Waals surface area contributed by atoms with E-state index >= 15 is 0 Å². The molecule has 2 N–H and O–H groups in total. The van der Waals surface area contributed by atoms with Gasteiger partial charge in [0, 0.05) is 17.0 Å². The first-order valence-electron chi connectivity index (χ1n) is 6.06. The van der Waals surface area contributed by atoms with Crippen LogP contribution in [0.15, 0.2) is 23.1 Å². The zero-order valence-electron chi connectivity index (χ0n) is 10.1. The molecule has 94 valence electrons. The molecule has 1 aliphatic carbocycles. The maximum absolute atomic E-state index is 12.5. The van der Waals surface area contributed by atoms with E-state index in [4.69, 9.17) is 10.5 Å². The van der Waals surface area contributed by atoms with Crippen LogP contribution >= 0.6 is 0 Å². The fraction of sp³-hybridized carbons (Fsp3) is 0.538. The van der Waals surface area contributed by atoms with Crippen LogP contribution in [-0.2, 0) is 10.8 Å². The second-order valence-electron chi connectivity index (χ2n) is 4.47. The average Bonchev–Trinajstić information content (AvgIpc) is 2.39. The third-order valence-corrected chi connectivity index (χ3v) is 5.11. The highest BCUT2D eigenvalue weighted by Crippen LogP contribution is 2.31. The number of methoxy groups -OCH3 is 1. The summed E-state index contributed by atoms with van der Waals surface area (Å²) in [7, 11) is 0.623. The number of anilines is 1. The van der Waals surface area contributed by atoms with Gasteiger partial charge in [0.05, 0.1) is 22.8 Å². The summed E-state index contributed by atoms with van der Waals surface area (Å²) in [6.07, 6.45) is 5.76. The van der Waals surface area contributed by atoms with E-state index < -0.39 is 10.8 Å². The normalized spacial score (nSPS) is 18.9. The molecule has 0 aromatic heterocycles. The zero-order valence-corrected chi connectivity index (χ0v) is 11.0. The summed E-state index contributed by atoms with van der Waals surface area (Å²) < 4.78 is 17.7. The molecule has 0 amide bonds. The molecule has 1 fully saturated rings. The van der Waals surface area contributed by atoms with Crippen molar-refractivity contribution < 1.29 is 8.95 Å². The van der Waals surface area contributed by atoms with E-state index in [1.54, 1.807) is 19.2 Å². The van der Waals surface area contributed by atoms with Crippen molar-refractivity contribution in [3.63, 3.8) is 0 Å². The first-order chi connectivity index (χ1) is 8.22. The van der Waals surface area contributed by atoms with Crippen LogP contribution in [0.2, 0.25) is 0 Å². The van der Waals surface area contributed by atoms with E-state index in [2.05, 4.69) is 0 Å². The number of nitrogens with two attached hydrogens (primary N) is 1. The number of hydrogen-bond donors (Lipinski definition) is 1. The van der Waals surface area contributed by atoms with Crippen LogP contribution in [0.3, 0.4) is 0 Å². The zero-order chi connectivity index (χ0) is 12.3. The van der Waals surface area contributed by atoms with Crippen LogP contribution in [0.4, 0.5) is 5.69 Å². The minimum Gasteiger partial charge on any atom is -0.495 e. The Morgan fingerprint density at radius 2 is 2.00 bits per heavy atom. The Hall–Kier alpha value is -1.03. The Bertz CT molecular complexity index is 414. The largest absolute Gasteiger partial charge is 0.495 e. The van der Waals surface area contributed by atoms with Crippen molar-refractivity contribution in [3.05, 3.63) is 18.2 Å². The standard InChI is InChI=1S/C13H19NO2S/c1-16-12-9-10(14)7-8-13(12)17(15)11-5-3-2-4-6-11/h7-9,11H,2-6,14H2,1H3. The third-order valence-electron chi connectivity index (χ3n) is 3.26. The highest BCUT2D eigenvalue weighted by Gasteiger charge is 2.23. The SMILES string of the molecule is COc1cc(N)ccc1S(=O)C1CCCCC1. The highest BCUT2D eigenvalue weighted by molar-refractivity contribution is 7.85. The van der Waals surface area contributed by atoms with Gasteiger partial charge in [-0.25, -0.2) is 0 Å². The third kappa shape index (κ3) is 2.80. The smallest absolute Gasteiger partial charge is 0.137 e. The molecule has 17 heavy (non-hydrogen) atoms. The van der Waals surface area contributed by atoms with Crippen molar-refractivity contribution in [2.45, 2.75) is 42.2 Å². The van der Waals surface area contributed by atoms with Gasteiger partial charge < -0.3 is 10.5 Å². The quantitative estimate of drug-likeness (QED) is 0.843. The van der Waals surface area contributed by atoms with Crippen LogP contribution in [0, 0.1) is 0 Å². The van der Waals surface area contributed by atoms with Crippen LogP contribution in [0.1, 0.15) is 32.1 Å². The van der Waals surface area contributed by atoms with Crippen molar-refractivity contribution in [1.29, 1.82) is 0 Å². The molecule has 0 heterocycles. The highest BCUT2D eigenvalue weighted by atomic mass is 32.2. The first kappa shape index (κ1) is 12.4. The molecule has 1 saturated carbocycles. The van der Waals surface area contributed by atoms with Crippen molar-refractivity contribution in [3.8, 4) is 5.75 Å². The molecule has 1 atom stereocenters. The van der Waals surface area contributed by atoms with Gasteiger partial charge >= 0.3 is 0 Å². The molecule has 1 aromatic rings. The second-order valence-corrected chi connectivity index (χ2v) is 6.17. The van der Waals surface area contributed by atoms with Crippen LogP contribution < -0.4 is 10.5 Å². The molecule has 0 aliphatic heterocycles. The maximum Gasteiger partial charge on any atom is 0.137 e. The Morgan fingerprint density at radius 1 is 1.29 bits per heavy atom. The van der Waals surface area contributed by atoms with E-state index in [0.717, 1.165) is 17.7 Å². The minimum absolute atomic E-state index is 0.279. The van der Waals surface area contributed by atoms with E-state index in [1.165, 1.54) is 19.3 Å². The number of ether oxygens (including phenoxy) is 1. The summed E-state index contributed by atoms with van der Waals surface area (Å²) in [5, 5.41) is 0.279. The van der Waals surface area contributed by atoms with Gasteiger partial charge in [0.1, 0.15) is 5.75 Å². The summed E-state index contributed by atoms with van der Waals surface area (Å²) in [5.41, 5.74) is 6.35. The lowest BCUT2D eigenvalue weighted by Gasteiger charge is -2.21. The van der Waals surface area contributed by atoms with Gasteiger partial charge in [0.2, 0.25) is 0 Å². The maximum atomic E-state index is 12.5. The average molecular weight is 253 g/mol. The van der Waals surface area contributed by atoms with E-state index in [9.17, 15) is 4.21 Å². The summed E-state index contributed by atoms with van der Waals surface area (Å²) in [6.45, 7) is 0. The summed E-state index contributed by atoms with van der Waals surface area (Å²) in [4.78, 5) is 0.786. The molecule has 0 spiro atoms. The number of benzene rings is 1. The van der Waals surface area contributed by atoms with Crippen LogP contribution in [0.25, 0.3) is 0 Å². The number of rotatable bonds is 3. The molecule has 1 unspecified atom stereocenters. The molecular formula is C13H19NO2S. The van der Waals surface area contributed by atoms with Gasteiger partial charge in [-0.3, -0.25) is 4.21 Å². The molecule has 4 heteroatoms. The lowest BCUT2D eigenvalue weighted by Crippen LogP contribution is -2.19. The topological polar surface area (TPSA) is 52.3 Å². The summed E-state index contributed by atoms with van der Waals surface area (Å²) >= 11 is 0. The summed E-state index contributed by atoms with van der Waals surface area (Å²) in [6, 6.07) is 5.37. The Labute approximate surface area is 105 Å². The van der Waals surface area contributed by atoms with Crippen molar-refractivity contribution in [2.75, 3.05) is 12.8 Å². The predicted molar refractivity (Wildman–Crippen MR) is 70.7 cm³/mol. The second kappa shape index (κ2) is 5.54. The van der Waals surface area contributed by atoms with E-state index in [1.807, 2.05) is 6.07 Å². The lowest BCUT2D eigenvalue weighted by molar-refractivity contribution is 0.403. The molecule has 0 saturated heterocycles. The molecular weight excluding hydrogens is 234 g/mol. The van der Waals surface area contributed by atoms with Gasteiger partial charge in [-0.05, 0) is 25.0 Å². The predicted octanol–water partition coefficient (Wildman–Crippen LogP) is 2.72. The number of hydrogen-bond acceptors (Lipinski definition) is 3. The number of nitrogen functional groups attached to an aromatic ring is 1. The lowest BCUT2D eigenvalue weighted by atomic mass is 10.0. The van der Waals surface area contributed by atoms with Gasteiger partial charge in [-0.15, -0.1) is 0 Å². The fourth-order valence-corrected chi connectivity index (χ4v) is 3.97. The van der Waals surface area contributed by atoms with E-state index in [-0.39, 0.29) is 5.25 Å². The van der Waals surface area contributed by atoms with E-state index in [0.29, 0.717) is 11.4 Å². The van der Waals surface area contributed by atoms with Crippen LogP contribution in [-0.4, -0.2) is 16.6 Å². The van der Waals surface area contributed by atoms with Crippen molar-refractivity contribution >= 4 is 16.5 Å². The fourth-order valence-electron chi connectivity index (χ4n) is 2.31.